The van der Waals surface area contributed by atoms with Gasteiger partial charge in [-0.05, 0) is 23.7 Å². The van der Waals surface area contributed by atoms with E-state index in [0.717, 1.165) is 6.42 Å². The second kappa shape index (κ2) is 6.41. The molecule has 0 radical (unpaired) electrons. The third kappa shape index (κ3) is 2.95. The number of hydrogen-bond acceptors (Lipinski definition) is 6. The van der Waals surface area contributed by atoms with Crippen LogP contribution < -0.4 is 19.5 Å². The maximum atomic E-state index is 12.4. The van der Waals surface area contributed by atoms with E-state index in [4.69, 9.17) is 25.8 Å². The van der Waals surface area contributed by atoms with Gasteiger partial charge in [-0.15, -0.1) is 0 Å². The molecule has 6 nitrogen and oxygen atoms in total. The van der Waals surface area contributed by atoms with Crippen molar-refractivity contribution >= 4 is 34.7 Å². The van der Waals surface area contributed by atoms with Gasteiger partial charge in [-0.3, -0.25) is 4.79 Å². The lowest BCUT2D eigenvalue weighted by Crippen LogP contribution is -2.12. The van der Waals surface area contributed by atoms with Gasteiger partial charge in [0.05, 0.1) is 25.3 Å². The van der Waals surface area contributed by atoms with Crippen molar-refractivity contribution in [2.45, 2.75) is 6.42 Å². The smallest absolute Gasteiger partial charge is 0.256 e. The number of hydrogen-bond donors (Lipinski definition) is 1. The number of fused-ring (bicyclic) bond motifs is 1. The number of aromatic nitrogens is 1. The van der Waals surface area contributed by atoms with Crippen molar-refractivity contribution in [3.05, 3.63) is 28.1 Å². The topological polar surface area (TPSA) is 69.7 Å². The zero-order valence-corrected chi connectivity index (χ0v) is 13.3. The molecule has 2 heterocycles. The fraction of sp³-hybridized carbons (Fsp3) is 0.286. The Hall–Kier alpha value is -1.99. The average Bonchev–Trinajstić information content (AvgIpc) is 2.81. The second-order valence-corrected chi connectivity index (χ2v) is 5.56. The first-order chi connectivity index (χ1) is 10.7. The Kier molecular flexibility index (Phi) is 4.35. The second-order valence-electron chi connectivity index (χ2n) is 4.53. The summed E-state index contributed by atoms with van der Waals surface area (Å²) in [4.78, 5) is 12.4. The van der Waals surface area contributed by atoms with Crippen LogP contribution in [0, 0.1) is 0 Å². The van der Waals surface area contributed by atoms with Crippen LogP contribution in [-0.4, -0.2) is 30.6 Å². The highest BCUT2D eigenvalue weighted by atomic mass is 35.5. The largest absolute Gasteiger partial charge is 0.489 e. The zero-order chi connectivity index (χ0) is 15.5. The molecule has 0 spiro atoms. The first-order valence-electron chi connectivity index (χ1n) is 6.58. The summed E-state index contributed by atoms with van der Waals surface area (Å²) in [5.41, 5.74) is 0.892. The molecule has 0 bridgehead atoms. The minimum Gasteiger partial charge on any atom is -0.489 e. The third-order valence-corrected chi connectivity index (χ3v) is 3.94. The minimum atomic E-state index is -0.323. The molecule has 3 rings (SSSR count). The van der Waals surface area contributed by atoms with Gasteiger partial charge in [0.25, 0.3) is 5.91 Å². The predicted octanol–water partition coefficient (Wildman–Crippen LogP) is 3.22. The Labute approximate surface area is 136 Å². The molecule has 0 unspecified atom stereocenters. The highest BCUT2D eigenvalue weighted by Gasteiger charge is 2.19. The number of carbonyl (C=O) groups excluding carboxylic acids is 1. The summed E-state index contributed by atoms with van der Waals surface area (Å²) in [6, 6.07) is 3.17. The molecular weight excluding hydrogens is 328 g/mol. The third-order valence-electron chi connectivity index (χ3n) is 3.04. The van der Waals surface area contributed by atoms with Crippen LogP contribution in [0.25, 0.3) is 0 Å². The van der Waals surface area contributed by atoms with E-state index in [2.05, 4.69) is 9.69 Å². The van der Waals surface area contributed by atoms with E-state index in [9.17, 15) is 4.79 Å². The van der Waals surface area contributed by atoms with E-state index in [1.54, 1.807) is 17.5 Å². The number of benzene rings is 1. The lowest BCUT2D eigenvalue weighted by Gasteiger charge is -2.11. The fourth-order valence-corrected chi connectivity index (χ4v) is 2.86. The summed E-state index contributed by atoms with van der Waals surface area (Å²) in [7, 11) is 1.50. The average molecular weight is 341 g/mol. The van der Waals surface area contributed by atoms with Crippen LogP contribution in [0.2, 0.25) is 5.02 Å². The molecule has 1 aromatic carbocycles. The molecule has 8 heteroatoms. The summed E-state index contributed by atoms with van der Waals surface area (Å²) in [6.45, 7) is 1.06. The van der Waals surface area contributed by atoms with Gasteiger partial charge in [-0.2, -0.15) is 4.37 Å². The molecule has 1 aromatic heterocycles. The number of anilines is 1. The molecule has 22 heavy (non-hydrogen) atoms. The van der Waals surface area contributed by atoms with E-state index in [1.807, 2.05) is 0 Å². The molecule has 1 aliphatic rings. The molecule has 1 N–H and O–H groups in total. The van der Waals surface area contributed by atoms with E-state index < -0.39 is 0 Å². The van der Waals surface area contributed by atoms with Crippen molar-refractivity contribution in [2.75, 3.05) is 25.6 Å². The molecule has 1 aliphatic heterocycles. The minimum absolute atomic E-state index is 0.323. The number of rotatable bonds is 3. The maximum Gasteiger partial charge on any atom is 0.256 e. The van der Waals surface area contributed by atoms with Crippen LogP contribution in [0.1, 0.15) is 16.8 Å². The van der Waals surface area contributed by atoms with Gasteiger partial charge in [0.1, 0.15) is 5.69 Å². The Morgan fingerprint density at radius 2 is 2.23 bits per heavy atom. The van der Waals surface area contributed by atoms with Gasteiger partial charge in [0.2, 0.25) is 5.88 Å². The molecule has 0 aliphatic carbocycles. The van der Waals surface area contributed by atoms with Gasteiger partial charge < -0.3 is 19.5 Å². The SMILES string of the molecule is COc1nscc1NC(=O)c1cc(Cl)c2c(c1)OCCCO2. The van der Waals surface area contributed by atoms with Crippen molar-refractivity contribution in [1.29, 1.82) is 0 Å². The summed E-state index contributed by atoms with van der Waals surface area (Å²) < 4.78 is 20.2. The van der Waals surface area contributed by atoms with Crippen LogP contribution in [0.15, 0.2) is 17.5 Å². The first kappa shape index (κ1) is 14.9. The van der Waals surface area contributed by atoms with Crippen molar-refractivity contribution in [1.82, 2.24) is 4.37 Å². The number of nitrogens with one attached hydrogen (secondary N) is 1. The van der Waals surface area contributed by atoms with Gasteiger partial charge >= 0.3 is 0 Å². The van der Waals surface area contributed by atoms with E-state index in [-0.39, 0.29) is 5.91 Å². The number of nitrogens with zero attached hydrogens (tertiary/aromatic N) is 1. The Morgan fingerprint density at radius 1 is 1.41 bits per heavy atom. The standard InChI is InChI=1S/C14H13ClN2O4S/c1-19-14-10(7-22-17-14)16-13(18)8-5-9(15)12-11(6-8)20-3-2-4-21-12/h5-7H,2-4H2,1H3,(H,16,18). The highest BCUT2D eigenvalue weighted by Crippen LogP contribution is 2.38. The number of amides is 1. The quantitative estimate of drug-likeness (QED) is 0.929. The Morgan fingerprint density at radius 3 is 3.05 bits per heavy atom. The Bertz CT molecular complexity index is 704. The summed E-state index contributed by atoms with van der Waals surface area (Å²) in [6.07, 6.45) is 0.768. The predicted molar refractivity (Wildman–Crippen MR) is 83.7 cm³/mol. The number of carbonyl (C=O) groups is 1. The number of ether oxygens (including phenoxy) is 3. The molecule has 1 amide bonds. The van der Waals surface area contributed by atoms with Crippen molar-refractivity contribution in [3.63, 3.8) is 0 Å². The summed E-state index contributed by atoms with van der Waals surface area (Å²) in [5, 5.41) is 4.78. The molecule has 0 atom stereocenters. The molecule has 0 saturated heterocycles. The summed E-state index contributed by atoms with van der Waals surface area (Å²) in [5.74, 6) is 1.01. The maximum absolute atomic E-state index is 12.4. The fourth-order valence-electron chi connectivity index (χ4n) is 2.01. The molecule has 116 valence electrons. The van der Waals surface area contributed by atoms with E-state index in [0.29, 0.717) is 46.9 Å². The lowest BCUT2D eigenvalue weighted by molar-refractivity contribution is 0.102. The van der Waals surface area contributed by atoms with E-state index in [1.165, 1.54) is 18.6 Å². The van der Waals surface area contributed by atoms with Gasteiger partial charge in [0.15, 0.2) is 11.5 Å². The zero-order valence-electron chi connectivity index (χ0n) is 11.7. The van der Waals surface area contributed by atoms with Crippen LogP contribution in [-0.2, 0) is 0 Å². The van der Waals surface area contributed by atoms with Crippen LogP contribution in [0.4, 0.5) is 5.69 Å². The van der Waals surface area contributed by atoms with Gasteiger partial charge in [0, 0.05) is 17.4 Å². The monoisotopic (exact) mass is 340 g/mol. The van der Waals surface area contributed by atoms with Crippen molar-refractivity contribution < 1.29 is 19.0 Å². The normalized spacial score (nSPS) is 13.4. The number of methoxy groups -OCH3 is 1. The van der Waals surface area contributed by atoms with Crippen LogP contribution in [0.3, 0.4) is 0 Å². The first-order valence-corrected chi connectivity index (χ1v) is 7.79. The van der Waals surface area contributed by atoms with Crippen LogP contribution >= 0.6 is 23.1 Å². The van der Waals surface area contributed by atoms with Crippen molar-refractivity contribution in [2.24, 2.45) is 0 Å². The van der Waals surface area contributed by atoms with Crippen molar-refractivity contribution in [3.8, 4) is 17.4 Å². The molecule has 0 fully saturated rings. The van der Waals surface area contributed by atoms with Gasteiger partial charge in [-0.1, -0.05) is 11.6 Å². The molecular formula is C14H13ClN2O4S. The number of halogens is 1. The lowest BCUT2D eigenvalue weighted by atomic mass is 10.2. The van der Waals surface area contributed by atoms with Gasteiger partial charge in [-0.25, -0.2) is 0 Å². The van der Waals surface area contributed by atoms with Crippen LogP contribution in [0.5, 0.6) is 17.4 Å². The molecule has 0 saturated carbocycles. The summed E-state index contributed by atoms with van der Waals surface area (Å²) >= 11 is 7.38. The highest BCUT2D eigenvalue weighted by molar-refractivity contribution is 7.04. The Balaban J connectivity index is 1.87. The molecule has 2 aromatic rings. The van der Waals surface area contributed by atoms with E-state index >= 15 is 0 Å².